The van der Waals surface area contributed by atoms with Crippen LogP contribution in [-0.2, 0) is 0 Å². The first-order chi connectivity index (χ1) is 11.0. The van der Waals surface area contributed by atoms with E-state index >= 15 is 0 Å². The number of piperazine rings is 2. The maximum absolute atomic E-state index is 12.7. The monoisotopic (exact) mass is 318 g/mol. The molecule has 3 rings (SSSR count). The smallest absolute Gasteiger partial charge is 0.272 e. The number of aryl methyl sites for hydroxylation is 1. The summed E-state index contributed by atoms with van der Waals surface area (Å²) in [7, 11) is 4.21. The molecule has 1 aromatic rings. The van der Waals surface area contributed by atoms with E-state index in [0.29, 0.717) is 11.6 Å². The van der Waals surface area contributed by atoms with Gasteiger partial charge in [-0.05, 0) is 27.1 Å². The van der Waals surface area contributed by atoms with Crippen molar-refractivity contribution < 1.29 is 4.79 Å². The highest BCUT2D eigenvalue weighted by Crippen LogP contribution is 2.14. The molecule has 0 aliphatic carbocycles. The van der Waals surface area contributed by atoms with E-state index in [0.717, 1.165) is 58.1 Å². The van der Waals surface area contributed by atoms with Crippen LogP contribution in [0.3, 0.4) is 0 Å². The van der Waals surface area contributed by atoms with Gasteiger partial charge in [0, 0.05) is 58.1 Å². The second-order valence-corrected chi connectivity index (χ2v) is 6.58. The van der Waals surface area contributed by atoms with Gasteiger partial charge in [0.25, 0.3) is 5.91 Å². The van der Waals surface area contributed by atoms with Crippen LogP contribution in [0.4, 0.5) is 5.95 Å². The van der Waals surface area contributed by atoms with Gasteiger partial charge in [-0.25, -0.2) is 9.97 Å². The third-order valence-corrected chi connectivity index (χ3v) is 4.64. The van der Waals surface area contributed by atoms with Crippen molar-refractivity contribution in [3.8, 4) is 0 Å². The van der Waals surface area contributed by atoms with Crippen LogP contribution >= 0.6 is 0 Å². The Morgan fingerprint density at radius 3 is 2.09 bits per heavy atom. The lowest BCUT2D eigenvalue weighted by Crippen LogP contribution is -2.47. The highest BCUT2D eigenvalue weighted by Gasteiger charge is 2.24. The summed E-state index contributed by atoms with van der Waals surface area (Å²) in [5, 5.41) is 0. The van der Waals surface area contributed by atoms with Crippen molar-refractivity contribution >= 4 is 11.9 Å². The average Bonchev–Trinajstić information content (AvgIpc) is 2.55. The van der Waals surface area contributed by atoms with Crippen LogP contribution in [0.1, 0.15) is 16.2 Å². The maximum Gasteiger partial charge on any atom is 0.272 e. The van der Waals surface area contributed by atoms with Gasteiger partial charge in [-0.2, -0.15) is 0 Å². The van der Waals surface area contributed by atoms with Gasteiger partial charge in [0.2, 0.25) is 5.95 Å². The van der Waals surface area contributed by atoms with Gasteiger partial charge in [0.05, 0.1) is 0 Å². The fourth-order valence-corrected chi connectivity index (χ4v) is 2.98. The third kappa shape index (κ3) is 3.79. The molecule has 1 aromatic heterocycles. The molecule has 0 N–H and O–H groups in total. The summed E-state index contributed by atoms with van der Waals surface area (Å²) in [5.41, 5.74) is 1.38. The molecule has 23 heavy (non-hydrogen) atoms. The Labute approximate surface area is 137 Å². The van der Waals surface area contributed by atoms with E-state index < -0.39 is 0 Å². The molecule has 0 bridgehead atoms. The first-order valence-corrected chi connectivity index (χ1v) is 8.30. The Kier molecular flexibility index (Phi) is 4.77. The average molecular weight is 318 g/mol. The van der Waals surface area contributed by atoms with Gasteiger partial charge in [0.1, 0.15) is 5.69 Å². The third-order valence-electron chi connectivity index (χ3n) is 4.64. The normalized spacial score (nSPS) is 20.8. The standard InChI is InChI=1S/C16H26N6O/c1-13-12-14(15(23)21-8-4-19(2)5-9-21)18-16(17-13)22-10-6-20(3)7-11-22/h12H,4-11H2,1-3H3. The number of carbonyl (C=O) groups is 1. The van der Waals surface area contributed by atoms with Gasteiger partial charge in [0.15, 0.2) is 0 Å². The molecule has 3 heterocycles. The van der Waals surface area contributed by atoms with E-state index in [9.17, 15) is 4.79 Å². The van der Waals surface area contributed by atoms with Gasteiger partial charge in [-0.1, -0.05) is 0 Å². The number of anilines is 1. The number of nitrogens with zero attached hydrogens (tertiary/aromatic N) is 6. The fraction of sp³-hybridized carbons (Fsp3) is 0.688. The lowest BCUT2D eigenvalue weighted by Gasteiger charge is -2.33. The van der Waals surface area contributed by atoms with Crippen LogP contribution in [0.15, 0.2) is 6.07 Å². The quantitative estimate of drug-likeness (QED) is 0.760. The zero-order valence-corrected chi connectivity index (χ0v) is 14.3. The number of hydrogen-bond donors (Lipinski definition) is 0. The van der Waals surface area contributed by atoms with Crippen molar-refractivity contribution in [2.45, 2.75) is 6.92 Å². The topological polar surface area (TPSA) is 55.8 Å². The molecule has 126 valence electrons. The van der Waals surface area contributed by atoms with Crippen LogP contribution < -0.4 is 4.90 Å². The molecule has 0 unspecified atom stereocenters. The minimum absolute atomic E-state index is 0.0268. The summed E-state index contributed by atoms with van der Waals surface area (Å²) in [5.74, 6) is 0.717. The van der Waals surface area contributed by atoms with E-state index in [1.165, 1.54) is 0 Å². The van der Waals surface area contributed by atoms with Crippen LogP contribution in [0.25, 0.3) is 0 Å². The molecule has 1 amide bonds. The molecule has 2 aliphatic rings. The molecule has 0 aromatic carbocycles. The lowest BCUT2D eigenvalue weighted by atomic mass is 10.2. The Balaban J connectivity index is 1.76. The Hall–Kier alpha value is -1.73. The fourth-order valence-electron chi connectivity index (χ4n) is 2.98. The van der Waals surface area contributed by atoms with E-state index in [2.05, 4.69) is 38.8 Å². The largest absolute Gasteiger partial charge is 0.338 e. The molecule has 0 spiro atoms. The minimum Gasteiger partial charge on any atom is -0.338 e. The number of aromatic nitrogens is 2. The van der Waals surface area contributed by atoms with Crippen LogP contribution in [-0.4, -0.2) is 97.0 Å². The predicted octanol–water partition coefficient (Wildman–Crippen LogP) is -0.0756. The number of hydrogen-bond acceptors (Lipinski definition) is 6. The van der Waals surface area contributed by atoms with Crippen LogP contribution in [0.2, 0.25) is 0 Å². The number of amides is 1. The predicted molar refractivity (Wildman–Crippen MR) is 89.9 cm³/mol. The Bertz CT molecular complexity index is 562. The van der Waals surface area contributed by atoms with Gasteiger partial charge in [-0.3, -0.25) is 4.79 Å². The summed E-state index contributed by atoms with van der Waals surface area (Å²) >= 11 is 0. The van der Waals surface area contributed by atoms with E-state index in [1.807, 2.05) is 11.8 Å². The van der Waals surface area contributed by atoms with Gasteiger partial charge >= 0.3 is 0 Å². The second-order valence-electron chi connectivity index (χ2n) is 6.58. The summed E-state index contributed by atoms with van der Waals surface area (Å²) in [6.07, 6.45) is 0. The SMILES string of the molecule is Cc1cc(C(=O)N2CCN(C)CC2)nc(N2CCN(C)CC2)n1. The number of rotatable bonds is 2. The van der Waals surface area contributed by atoms with Crippen LogP contribution in [0.5, 0.6) is 0 Å². The Morgan fingerprint density at radius 2 is 1.48 bits per heavy atom. The van der Waals surface area contributed by atoms with E-state index in [-0.39, 0.29) is 5.91 Å². The first kappa shape index (κ1) is 16.1. The lowest BCUT2D eigenvalue weighted by molar-refractivity contribution is 0.0658. The number of likely N-dealkylation sites (N-methyl/N-ethyl adjacent to an activating group) is 2. The van der Waals surface area contributed by atoms with E-state index in [4.69, 9.17) is 0 Å². The summed E-state index contributed by atoms with van der Waals surface area (Å²) in [6, 6.07) is 1.81. The summed E-state index contributed by atoms with van der Waals surface area (Å²) < 4.78 is 0. The molecule has 2 aliphatic heterocycles. The van der Waals surface area contributed by atoms with Crippen LogP contribution in [0, 0.1) is 6.92 Å². The van der Waals surface area contributed by atoms with Gasteiger partial charge < -0.3 is 19.6 Å². The molecule has 7 nitrogen and oxygen atoms in total. The minimum atomic E-state index is 0.0268. The van der Waals surface area contributed by atoms with Crippen molar-refractivity contribution in [3.63, 3.8) is 0 Å². The Morgan fingerprint density at radius 1 is 0.913 bits per heavy atom. The molecule has 0 atom stereocenters. The molecule has 0 radical (unpaired) electrons. The first-order valence-electron chi connectivity index (χ1n) is 8.30. The molecular weight excluding hydrogens is 292 g/mol. The molecule has 2 fully saturated rings. The van der Waals surface area contributed by atoms with Crippen molar-refractivity contribution in [1.82, 2.24) is 24.7 Å². The van der Waals surface area contributed by atoms with Crippen molar-refractivity contribution in [3.05, 3.63) is 17.5 Å². The molecular formula is C16H26N6O. The van der Waals surface area contributed by atoms with Crippen molar-refractivity contribution in [2.75, 3.05) is 71.4 Å². The highest BCUT2D eigenvalue weighted by molar-refractivity contribution is 5.92. The number of carbonyl (C=O) groups excluding carboxylic acids is 1. The zero-order chi connectivity index (χ0) is 16.4. The molecule has 2 saturated heterocycles. The maximum atomic E-state index is 12.7. The second kappa shape index (κ2) is 6.80. The highest BCUT2D eigenvalue weighted by atomic mass is 16.2. The van der Waals surface area contributed by atoms with Crippen molar-refractivity contribution in [1.29, 1.82) is 0 Å². The van der Waals surface area contributed by atoms with E-state index in [1.54, 1.807) is 6.07 Å². The summed E-state index contributed by atoms with van der Waals surface area (Å²) in [4.78, 5) is 30.5. The summed E-state index contributed by atoms with van der Waals surface area (Å²) in [6.45, 7) is 9.11. The van der Waals surface area contributed by atoms with Gasteiger partial charge in [-0.15, -0.1) is 0 Å². The zero-order valence-electron chi connectivity index (χ0n) is 14.3. The molecule has 0 saturated carbocycles. The van der Waals surface area contributed by atoms with Crippen molar-refractivity contribution in [2.24, 2.45) is 0 Å². The molecule has 7 heteroatoms.